The lowest BCUT2D eigenvalue weighted by Crippen LogP contribution is -2.21. The Labute approximate surface area is 104 Å². The van der Waals surface area contributed by atoms with Crippen molar-refractivity contribution >= 4 is 22.8 Å². The number of nitrogens with two attached hydrogens (primary N) is 1. The largest absolute Gasteiger partial charge is 0.490 e. The lowest BCUT2D eigenvalue weighted by atomic mass is 10.1. The number of carboxylic acids is 1. The van der Waals surface area contributed by atoms with Gasteiger partial charge in [-0.1, -0.05) is 0 Å². The molecule has 0 bridgehead atoms. The zero-order valence-corrected chi connectivity index (χ0v) is 9.36. The van der Waals surface area contributed by atoms with Crippen LogP contribution in [0.25, 0.3) is 10.9 Å². The second-order valence-corrected chi connectivity index (χ2v) is 3.45. The summed E-state index contributed by atoms with van der Waals surface area (Å²) in [6.45, 7) is 0. The van der Waals surface area contributed by atoms with Crippen molar-refractivity contribution in [3.63, 3.8) is 0 Å². The highest BCUT2D eigenvalue weighted by molar-refractivity contribution is 5.96. The molecule has 0 aliphatic carbocycles. The van der Waals surface area contributed by atoms with Gasteiger partial charge in [-0.05, 0) is 24.3 Å². The molecule has 1 heterocycles. The molecule has 8 heteroatoms. The van der Waals surface area contributed by atoms with E-state index in [-0.39, 0.29) is 0 Å². The highest BCUT2D eigenvalue weighted by Gasteiger charge is 2.38. The second-order valence-electron chi connectivity index (χ2n) is 3.45. The van der Waals surface area contributed by atoms with Crippen LogP contribution in [0.15, 0.2) is 30.5 Å². The predicted molar refractivity (Wildman–Crippen MR) is 60.5 cm³/mol. The summed E-state index contributed by atoms with van der Waals surface area (Å²) in [5, 5.41) is 8.13. The van der Waals surface area contributed by atoms with Gasteiger partial charge >= 0.3 is 12.1 Å². The van der Waals surface area contributed by atoms with E-state index in [1.165, 1.54) is 0 Å². The SMILES string of the molecule is NC(=O)c1ccc2[nH]ccc2c1.O=C(O)C(F)(F)F. The molecule has 5 nitrogen and oxygen atoms in total. The molecule has 1 aromatic carbocycles. The van der Waals surface area contributed by atoms with Gasteiger partial charge in [0.15, 0.2) is 0 Å². The van der Waals surface area contributed by atoms with E-state index in [9.17, 15) is 18.0 Å². The minimum absolute atomic E-state index is 0.391. The molecule has 0 radical (unpaired) electrons. The molecule has 0 aliphatic heterocycles. The van der Waals surface area contributed by atoms with Gasteiger partial charge in [0.25, 0.3) is 0 Å². The van der Waals surface area contributed by atoms with Gasteiger partial charge in [0, 0.05) is 22.7 Å². The Morgan fingerprint density at radius 3 is 2.26 bits per heavy atom. The van der Waals surface area contributed by atoms with Crippen LogP contribution in [0.2, 0.25) is 0 Å². The Balaban J connectivity index is 0.000000224. The number of aromatic amines is 1. The molecule has 1 aromatic heterocycles. The Hall–Kier alpha value is -2.51. The summed E-state index contributed by atoms with van der Waals surface area (Å²) >= 11 is 0. The van der Waals surface area contributed by atoms with Crippen molar-refractivity contribution in [2.45, 2.75) is 6.18 Å². The Morgan fingerprint density at radius 1 is 1.21 bits per heavy atom. The first-order chi connectivity index (χ1) is 8.71. The van der Waals surface area contributed by atoms with Crippen molar-refractivity contribution < 1.29 is 27.9 Å². The highest BCUT2D eigenvalue weighted by Crippen LogP contribution is 2.13. The van der Waals surface area contributed by atoms with Crippen molar-refractivity contribution in [1.29, 1.82) is 0 Å². The average molecular weight is 274 g/mol. The molecule has 102 valence electrons. The molecule has 4 N–H and O–H groups in total. The maximum absolute atomic E-state index is 10.8. The molecule has 19 heavy (non-hydrogen) atoms. The molecule has 0 saturated heterocycles. The Morgan fingerprint density at radius 2 is 1.79 bits per heavy atom. The van der Waals surface area contributed by atoms with Crippen molar-refractivity contribution in [1.82, 2.24) is 4.98 Å². The molecule has 1 amide bonds. The summed E-state index contributed by atoms with van der Waals surface area (Å²) in [7, 11) is 0. The number of fused-ring (bicyclic) bond motifs is 1. The van der Waals surface area contributed by atoms with Gasteiger partial charge in [-0.2, -0.15) is 13.2 Å². The van der Waals surface area contributed by atoms with Crippen LogP contribution in [-0.2, 0) is 4.79 Å². The fraction of sp³-hybridized carbons (Fsp3) is 0.0909. The number of hydrogen-bond donors (Lipinski definition) is 3. The molecule has 0 fully saturated rings. The molecular formula is C11H9F3N2O3. The molecule has 2 rings (SSSR count). The Bertz CT molecular complexity index is 604. The molecule has 0 spiro atoms. The van der Waals surface area contributed by atoms with Crippen molar-refractivity contribution in [3.8, 4) is 0 Å². The van der Waals surface area contributed by atoms with E-state index >= 15 is 0 Å². The number of H-pyrrole nitrogens is 1. The minimum atomic E-state index is -5.08. The van der Waals surface area contributed by atoms with E-state index < -0.39 is 18.1 Å². The number of carbonyl (C=O) groups excluding carboxylic acids is 1. The fourth-order valence-corrected chi connectivity index (χ4v) is 1.21. The lowest BCUT2D eigenvalue weighted by molar-refractivity contribution is -0.192. The normalized spacial score (nSPS) is 10.7. The van der Waals surface area contributed by atoms with Crippen LogP contribution in [-0.4, -0.2) is 28.1 Å². The van der Waals surface area contributed by atoms with Gasteiger partial charge in [-0.3, -0.25) is 4.79 Å². The van der Waals surface area contributed by atoms with E-state index in [1.807, 2.05) is 18.3 Å². The van der Waals surface area contributed by atoms with Crippen molar-refractivity contribution in [2.24, 2.45) is 5.73 Å². The third-order valence-corrected chi connectivity index (χ3v) is 2.08. The number of amides is 1. The summed E-state index contributed by atoms with van der Waals surface area (Å²) < 4.78 is 31.7. The topological polar surface area (TPSA) is 96.2 Å². The average Bonchev–Trinajstić information content (AvgIpc) is 2.74. The number of hydrogen-bond acceptors (Lipinski definition) is 2. The molecule has 0 saturated carbocycles. The van der Waals surface area contributed by atoms with E-state index in [2.05, 4.69) is 4.98 Å². The van der Waals surface area contributed by atoms with Crippen LogP contribution in [0.1, 0.15) is 10.4 Å². The first-order valence-electron chi connectivity index (χ1n) is 4.89. The van der Waals surface area contributed by atoms with Gasteiger partial charge < -0.3 is 15.8 Å². The predicted octanol–water partition coefficient (Wildman–Crippen LogP) is 1.90. The van der Waals surface area contributed by atoms with E-state index in [0.29, 0.717) is 5.56 Å². The number of aliphatic carboxylic acids is 1. The number of carbonyl (C=O) groups is 2. The van der Waals surface area contributed by atoms with Gasteiger partial charge in [-0.25, -0.2) is 4.79 Å². The minimum Gasteiger partial charge on any atom is -0.475 e. The summed E-state index contributed by atoms with van der Waals surface area (Å²) in [5.41, 5.74) is 6.68. The van der Waals surface area contributed by atoms with Gasteiger partial charge in [0.05, 0.1) is 0 Å². The summed E-state index contributed by atoms with van der Waals surface area (Å²) in [5.74, 6) is -3.15. The molecule has 0 aliphatic rings. The molecule has 0 unspecified atom stereocenters. The number of halogens is 3. The number of rotatable bonds is 1. The number of nitrogens with one attached hydrogen (secondary N) is 1. The monoisotopic (exact) mass is 274 g/mol. The maximum Gasteiger partial charge on any atom is 0.490 e. The van der Waals surface area contributed by atoms with Crippen molar-refractivity contribution in [3.05, 3.63) is 36.0 Å². The zero-order valence-electron chi connectivity index (χ0n) is 9.36. The van der Waals surface area contributed by atoms with E-state index in [4.69, 9.17) is 15.6 Å². The van der Waals surface area contributed by atoms with Crippen LogP contribution < -0.4 is 5.73 Å². The van der Waals surface area contributed by atoms with Gasteiger partial charge in [0.2, 0.25) is 5.91 Å². The summed E-state index contributed by atoms with van der Waals surface area (Å²) in [6, 6.07) is 7.23. The number of benzene rings is 1. The molecule has 2 aromatic rings. The first-order valence-corrected chi connectivity index (χ1v) is 4.89. The molecule has 0 atom stereocenters. The van der Waals surface area contributed by atoms with Crippen LogP contribution >= 0.6 is 0 Å². The quantitative estimate of drug-likeness (QED) is 0.741. The zero-order chi connectivity index (χ0) is 14.6. The fourth-order valence-electron chi connectivity index (χ4n) is 1.21. The van der Waals surface area contributed by atoms with Gasteiger partial charge in [-0.15, -0.1) is 0 Å². The van der Waals surface area contributed by atoms with E-state index in [0.717, 1.165) is 10.9 Å². The maximum atomic E-state index is 10.8. The van der Waals surface area contributed by atoms with Crippen LogP contribution in [0.5, 0.6) is 0 Å². The van der Waals surface area contributed by atoms with E-state index in [1.54, 1.807) is 12.1 Å². The number of carboxylic acid groups (broad SMARTS) is 1. The van der Waals surface area contributed by atoms with Crippen molar-refractivity contribution in [2.75, 3.05) is 0 Å². The number of primary amides is 1. The number of aromatic nitrogens is 1. The lowest BCUT2D eigenvalue weighted by Gasteiger charge is -1.94. The third-order valence-electron chi connectivity index (χ3n) is 2.08. The van der Waals surface area contributed by atoms with Gasteiger partial charge in [0.1, 0.15) is 0 Å². The summed E-state index contributed by atoms with van der Waals surface area (Å²) in [6.07, 6.45) is -3.25. The highest BCUT2D eigenvalue weighted by atomic mass is 19.4. The summed E-state index contributed by atoms with van der Waals surface area (Å²) in [4.78, 5) is 22.7. The standard InChI is InChI=1S/C9H8N2O.C2HF3O2/c10-9(12)7-1-2-8-6(5-7)3-4-11-8;3-2(4,5)1(6)7/h1-5,11H,(H2,10,12);(H,6,7). The van der Waals surface area contributed by atoms with Crippen LogP contribution in [0, 0.1) is 0 Å². The van der Waals surface area contributed by atoms with Crippen LogP contribution in [0.4, 0.5) is 13.2 Å². The molecular weight excluding hydrogens is 265 g/mol. The first kappa shape index (κ1) is 14.6. The third kappa shape index (κ3) is 4.02. The Kier molecular flexibility index (Phi) is 4.15. The van der Waals surface area contributed by atoms with Crippen LogP contribution in [0.3, 0.4) is 0 Å². The smallest absolute Gasteiger partial charge is 0.475 e. The second kappa shape index (κ2) is 5.42. The number of alkyl halides is 3.